The molecular formula is C19H21F2NO4. The van der Waals surface area contributed by atoms with Crippen LogP contribution in [0.25, 0.3) is 0 Å². The summed E-state index contributed by atoms with van der Waals surface area (Å²) in [6, 6.07) is 10.5. The maximum atomic E-state index is 13.7. The summed E-state index contributed by atoms with van der Waals surface area (Å²) in [4.78, 5) is 1.74. The molecule has 2 unspecified atom stereocenters. The Balaban J connectivity index is 1.49. The van der Waals surface area contributed by atoms with Gasteiger partial charge in [-0.1, -0.05) is 18.2 Å². The average molecular weight is 365 g/mol. The van der Waals surface area contributed by atoms with Crippen LogP contribution in [0.1, 0.15) is 12.0 Å². The highest BCUT2D eigenvalue weighted by molar-refractivity contribution is 5.27. The summed E-state index contributed by atoms with van der Waals surface area (Å²) < 4.78 is 38.3. The summed E-state index contributed by atoms with van der Waals surface area (Å²) in [5.41, 5.74) is 0.776. The van der Waals surface area contributed by atoms with Crippen molar-refractivity contribution >= 4 is 0 Å². The number of aliphatic hydroxyl groups is 2. The quantitative estimate of drug-likeness (QED) is 0.789. The molecule has 2 aromatic carbocycles. The first-order chi connectivity index (χ1) is 12.6. The van der Waals surface area contributed by atoms with E-state index in [1.54, 1.807) is 29.2 Å². The molecule has 0 spiro atoms. The van der Waals surface area contributed by atoms with E-state index < -0.39 is 24.0 Å². The highest BCUT2D eigenvalue weighted by Gasteiger charge is 2.30. The monoisotopic (exact) mass is 365 g/mol. The van der Waals surface area contributed by atoms with Gasteiger partial charge in [-0.05, 0) is 36.2 Å². The Morgan fingerprint density at radius 2 is 1.81 bits per heavy atom. The number of para-hydroxylation sites is 1. The minimum absolute atomic E-state index is 0.0410. The number of halogens is 2. The van der Waals surface area contributed by atoms with Gasteiger partial charge in [0.1, 0.15) is 24.7 Å². The van der Waals surface area contributed by atoms with Crippen molar-refractivity contribution in [2.75, 3.05) is 19.7 Å². The molecule has 0 bridgehead atoms. The average Bonchev–Trinajstić information content (AvgIpc) is 3.12. The molecule has 0 aromatic heterocycles. The van der Waals surface area contributed by atoms with E-state index in [0.29, 0.717) is 25.3 Å². The first kappa shape index (κ1) is 18.6. The predicted molar refractivity (Wildman–Crippen MR) is 90.8 cm³/mol. The lowest BCUT2D eigenvalue weighted by Gasteiger charge is -2.23. The molecule has 3 rings (SSSR count). The zero-order valence-electron chi connectivity index (χ0n) is 14.1. The van der Waals surface area contributed by atoms with Gasteiger partial charge in [-0.2, -0.15) is 0 Å². The van der Waals surface area contributed by atoms with E-state index in [1.807, 2.05) is 0 Å². The van der Waals surface area contributed by atoms with Gasteiger partial charge in [-0.15, -0.1) is 0 Å². The molecule has 7 heteroatoms. The number of hydrogen-bond acceptors (Lipinski definition) is 5. The minimum Gasteiger partial charge on any atom is -0.489 e. The number of nitrogens with zero attached hydrogens (tertiary/aromatic N) is 1. The Morgan fingerprint density at radius 3 is 2.46 bits per heavy atom. The molecule has 1 heterocycles. The van der Waals surface area contributed by atoms with Crippen molar-refractivity contribution in [3.05, 3.63) is 59.7 Å². The Bertz CT molecular complexity index is 706. The van der Waals surface area contributed by atoms with Crippen molar-refractivity contribution in [1.29, 1.82) is 0 Å². The second kappa shape index (κ2) is 8.44. The van der Waals surface area contributed by atoms with Crippen LogP contribution < -0.4 is 9.47 Å². The molecule has 1 saturated heterocycles. The number of rotatable bonds is 7. The van der Waals surface area contributed by atoms with Gasteiger partial charge in [-0.3, -0.25) is 4.90 Å². The molecule has 1 aliphatic heterocycles. The second-order valence-corrected chi connectivity index (χ2v) is 6.17. The minimum atomic E-state index is -0.855. The number of likely N-dealkylation sites (tertiary alicyclic amines) is 1. The zero-order valence-corrected chi connectivity index (χ0v) is 14.1. The van der Waals surface area contributed by atoms with Crippen molar-refractivity contribution in [2.45, 2.75) is 25.4 Å². The van der Waals surface area contributed by atoms with Gasteiger partial charge in [0, 0.05) is 13.1 Å². The van der Waals surface area contributed by atoms with Crippen LogP contribution in [0.15, 0.2) is 42.5 Å². The van der Waals surface area contributed by atoms with Gasteiger partial charge in [0.15, 0.2) is 17.4 Å². The zero-order chi connectivity index (χ0) is 18.5. The van der Waals surface area contributed by atoms with E-state index in [9.17, 15) is 13.9 Å². The molecule has 5 nitrogen and oxygen atoms in total. The molecule has 0 saturated carbocycles. The normalized spacial score (nSPS) is 18.7. The molecule has 140 valence electrons. The second-order valence-electron chi connectivity index (χ2n) is 6.17. The fourth-order valence-corrected chi connectivity index (χ4v) is 2.85. The third-order valence-corrected chi connectivity index (χ3v) is 4.31. The van der Waals surface area contributed by atoms with Gasteiger partial charge < -0.3 is 19.7 Å². The Kier molecular flexibility index (Phi) is 6.03. The topological polar surface area (TPSA) is 62.2 Å². The lowest BCUT2D eigenvalue weighted by Crippen LogP contribution is -2.38. The molecule has 0 radical (unpaired) electrons. The van der Waals surface area contributed by atoms with Gasteiger partial charge in [0.2, 0.25) is 0 Å². The summed E-state index contributed by atoms with van der Waals surface area (Å²) in [6.45, 7) is 0.899. The molecule has 1 fully saturated rings. The van der Waals surface area contributed by atoms with E-state index in [-0.39, 0.29) is 19.0 Å². The van der Waals surface area contributed by atoms with Crippen LogP contribution in [0.5, 0.6) is 11.5 Å². The first-order valence-corrected chi connectivity index (χ1v) is 8.42. The lowest BCUT2D eigenvalue weighted by molar-refractivity contribution is -0.0192. The highest BCUT2D eigenvalue weighted by Crippen LogP contribution is 2.25. The van der Waals surface area contributed by atoms with Crippen molar-refractivity contribution < 1.29 is 28.5 Å². The summed E-state index contributed by atoms with van der Waals surface area (Å²) in [7, 11) is 0. The van der Waals surface area contributed by atoms with Crippen LogP contribution in [-0.4, -0.2) is 47.1 Å². The Hall–Kier alpha value is -2.22. The van der Waals surface area contributed by atoms with E-state index >= 15 is 0 Å². The fourth-order valence-electron chi connectivity index (χ4n) is 2.85. The van der Waals surface area contributed by atoms with E-state index in [4.69, 9.17) is 14.6 Å². The van der Waals surface area contributed by atoms with Crippen molar-refractivity contribution in [3.63, 3.8) is 0 Å². The van der Waals surface area contributed by atoms with Crippen LogP contribution >= 0.6 is 0 Å². The summed E-state index contributed by atoms with van der Waals surface area (Å²) >= 11 is 0. The number of aliphatic hydroxyl groups excluding tert-OH is 2. The van der Waals surface area contributed by atoms with E-state index in [1.165, 1.54) is 6.07 Å². The Morgan fingerprint density at radius 1 is 1.12 bits per heavy atom. The molecule has 26 heavy (non-hydrogen) atoms. The van der Waals surface area contributed by atoms with Crippen molar-refractivity contribution in [2.24, 2.45) is 0 Å². The van der Waals surface area contributed by atoms with Crippen LogP contribution in [0, 0.1) is 11.6 Å². The smallest absolute Gasteiger partial charge is 0.191 e. The molecular weight excluding hydrogens is 344 g/mol. The van der Waals surface area contributed by atoms with Crippen molar-refractivity contribution in [3.8, 4) is 11.5 Å². The summed E-state index contributed by atoms with van der Waals surface area (Å²) in [6.07, 6.45) is -0.706. The molecule has 2 aromatic rings. The lowest BCUT2D eigenvalue weighted by atomic mass is 10.2. The van der Waals surface area contributed by atoms with Crippen molar-refractivity contribution in [1.82, 2.24) is 4.90 Å². The Labute approximate surface area is 150 Å². The van der Waals surface area contributed by atoms with Crippen LogP contribution in [0.2, 0.25) is 0 Å². The van der Waals surface area contributed by atoms with E-state index in [0.717, 1.165) is 17.7 Å². The molecule has 0 amide bonds. The predicted octanol–water partition coefficient (Wildman–Crippen LogP) is 2.31. The molecule has 2 N–H and O–H groups in total. The maximum Gasteiger partial charge on any atom is 0.191 e. The molecule has 1 aliphatic rings. The SMILES string of the molecule is OCc1ccc(OCC(O)N2CCC(Oc3c(F)cccc3F)C2)cc1. The van der Waals surface area contributed by atoms with Gasteiger partial charge in [-0.25, -0.2) is 8.78 Å². The van der Waals surface area contributed by atoms with Gasteiger partial charge in [0.05, 0.1) is 6.61 Å². The summed E-state index contributed by atoms with van der Waals surface area (Å²) in [5, 5.41) is 19.3. The molecule has 2 atom stereocenters. The largest absolute Gasteiger partial charge is 0.489 e. The van der Waals surface area contributed by atoms with Crippen LogP contribution in [0.3, 0.4) is 0 Å². The fraction of sp³-hybridized carbons (Fsp3) is 0.368. The van der Waals surface area contributed by atoms with E-state index in [2.05, 4.69) is 0 Å². The van der Waals surface area contributed by atoms with Gasteiger partial charge in [0.25, 0.3) is 0 Å². The van der Waals surface area contributed by atoms with Gasteiger partial charge >= 0.3 is 0 Å². The number of hydrogen-bond donors (Lipinski definition) is 2. The highest BCUT2D eigenvalue weighted by atomic mass is 19.1. The number of ether oxygens (including phenoxy) is 2. The third-order valence-electron chi connectivity index (χ3n) is 4.31. The van der Waals surface area contributed by atoms with Crippen LogP contribution in [-0.2, 0) is 6.61 Å². The summed E-state index contributed by atoms with van der Waals surface area (Å²) in [5.74, 6) is -1.27. The standard InChI is InChI=1S/C19H21F2NO4/c20-16-2-1-3-17(21)19(16)26-15-8-9-22(10-15)18(24)12-25-14-6-4-13(11-23)5-7-14/h1-7,15,18,23-24H,8-12H2. The first-order valence-electron chi connectivity index (χ1n) is 8.42. The van der Waals surface area contributed by atoms with Crippen LogP contribution in [0.4, 0.5) is 8.78 Å². The third kappa shape index (κ3) is 4.49. The molecule has 0 aliphatic carbocycles. The maximum absolute atomic E-state index is 13.7. The number of benzene rings is 2.